The van der Waals surface area contributed by atoms with Crippen LogP contribution in [0.5, 0.6) is 0 Å². The van der Waals surface area contributed by atoms with Crippen molar-refractivity contribution < 1.29 is 0 Å². The second-order valence-corrected chi connectivity index (χ2v) is 8.59. The van der Waals surface area contributed by atoms with Gasteiger partial charge in [-0.2, -0.15) is 0 Å². The van der Waals surface area contributed by atoms with Crippen LogP contribution < -0.4 is 0 Å². The van der Waals surface area contributed by atoms with Crippen LogP contribution in [0.2, 0.25) is 0 Å². The van der Waals surface area contributed by atoms with Gasteiger partial charge in [0.1, 0.15) is 0 Å². The molecule has 1 aromatic heterocycles. The lowest BCUT2D eigenvalue weighted by Crippen LogP contribution is -2.13. The minimum absolute atomic E-state index is 0.182. The van der Waals surface area contributed by atoms with Crippen molar-refractivity contribution in [2.24, 2.45) is 0 Å². The number of thiophene rings is 1. The predicted octanol–water partition coefficient (Wildman–Crippen LogP) is 6.81. The first-order valence-corrected chi connectivity index (χ1v) is 9.32. The van der Waals surface area contributed by atoms with Gasteiger partial charge in [-0.15, -0.1) is 11.3 Å². The number of hydrogen-bond donors (Lipinski definition) is 0. The van der Waals surface area contributed by atoms with Crippen molar-refractivity contribution in [3.05, 3.63) is 82.2 Å². The molecule has 0 atom stereocenters. The first-order chi connectivity index (χ1) is 11.5. The Bertz CT molecular complexity index is 905. The lowest BCUT2D eigenvalue weighted by atomic mass is 9.83. The molecule has 2 aromatic carbocycles. The summed E-state index contributed by atoms with van der Waals surface area (Å²) < 4.78 is 0. The minimum Gasteiger partial charge on any atom is -0.136 e. The second kappa shape index (κ2) is 5.75. The number of benzene rings is 2. The van der Waals surface area contributed by atoms with Gasteiger partial charge in [-0.1, -0.05) is 69.3 Å². The van der Waals surface area contributed by atoms with E-state index in [4.69, 9.17) is 0 Å². The van der Waals surface area contributed by atoms with E-state index >= 15 is 0 Å². The summed E-state index contributed by atoms with van der Waals surface area (Å²) in [6.45, 7) is 6.90. The van der Waals surface area contributed by atoms with Gasteiger partial charge in [0.2, 0.25) is 0 Å². The van der Waals surface area contributed by atoms with Crippen molar-refractivity contribution in [1.29, 1.82) is 0 Å². The van der Waals surface area contributed by atoms with Crippen LogP contribution in [-0.2, 0) is 11.8 Å². The van der Waals surface area contributed by atoms with Crippen molar-refractivity contribution >= 4 is 23.0 Å². The van der Waals surface area contributed by atoms with Gasteiger partial charge in [0.15, 0.2) is 0 Å². The highest BCUT2D eigenvalue weighted by molar-refractivity contribution is 7.16. The highest BCUT2D eigenvalue weighted by Crippen LogP contribution is 2.41. The van der Waals surface area contributed by atoms with Gasteiger partial charge in [-0.05, 0) is 57.9 Å². The maximum absolute atomic E-state index is 2.41. The van der Waals surface area contributed by atoms with E-state index in [0.717, 1.165) is 6.42 Å². The topological polar surface area (TPSA) is 0 Å². The fourth-order valence-corrected chi connectivity index (χ4v) is 4.47. The van der Waals surface area contributed by atoms with Crippen molar-refractivity contribution in [2.45, 2.75) is 32.6 Å². The van der Waals surface area contributed by atoms with E-state index < -0.39 is 0 Å². The smallest absolute Gasteiger partial charge is 0.0349 e. The van der Waals surface area contributed by atoms with Crippen LogP contribution in [0.4, 0.5) is 0 Å². The van der Waals surface area contributed by atoms with Gasteiger partial charge >= 0.3 is 0 Å². The summed E-state index contributed by atoms with van der Waals surface area (Å²) in [5.41, 5.74) is 7.30. The fourth-order valence-electron chi connectivity index (χ4n) is 3.45. The van der Waals surface area contributed by atoms with Gasteiger partial charge in [-0.25, -0.2) is 0 Å². The second-order valence-electron chi connectivity index (χ2n) is 7.50. The van der Waals surface area contributed by atoms with Crippen LogP contribution >= 0.6 is 11.3 Å². The largest absolute Gasteiger partial charge is 0.136 e. The lowest BCUT2D eigenvalue weighted by Gasteiger charge is -2.22. The molecule has 0 saturated carbocycles. The molecule has 0 bridgehead atoms. The SMILES string of the molecule is CC(C)(C)c1cccc2c1C=C(c1ccc(-c3ccccc3)s1)C2. The number of hydrogen-bond acceptors (Lipinski definition) is 1. The molecule has 0 unspecified atom stereocenters. The van der Waals surface area contributed by atoms with E-state index in [0.29, 0.717) is 0 Å². The standard InChI is InChI=1S/C23H22S/c1-23(2,3)20-11-7-10-17-14-18(15-19(17)20)22-13-12-21(24-22)16-8-5-4-6-9-16/h4-13,15H,14H2,1-3H3. The zero-order valence-electron chi connectivity index (χ0n) is 14.5. The number of fused-ring (bicyclic) bond motifs is 1. The summed E-state index contributed by atoms with van der Waals surface area (Å²) in [5, 5.41) is 0. The van der Waals surface area contributed by atoms with Crippen LogP contribution in [0.15, 0.2) is 60.7 Å². The Morgan fingerprint density at radius 2 is 1.54 bits per heavy atom. The molecule has 0 N–H and O–H groups in total. The van der Waals surface area contributed by atoms with Crippen LogP contribution in [0.3, 0.4) is 0 Å². The molecule has 0 nitrogen and oxygen atoms in total. The molecular formula is C23H22S. The Kier molecular flexibility index (Phi) is 3.69. The molecule has 0 saturated heterocycles. The third kappa shape index (κ3) is 2.74. The quantitative estimate of drug-likeness (QED) is 0.484. The number of rotatable bonds is 2. The average molecular weight is 330 g/mol. The van der Waals surface area contributed by atoms with Crippen LogP contribution in [0.1, 0.15) is 42.3 Å². The third-order valence-electron chi connectivity index (χ3n) is 4.68. The molecule has 0 radical (unpaired) electrons. The van der Waals surface area contributed by atoms with E-state index in [2.05, 4.69) is 87.5 Å². The van der Waals surface area contributed by atoms with Gasteiger partial charge in [0, 0.05) is 9.75 Å². The van der Waals surface area contributed by atoms with Gasteiger partial charge in [-0.3, -0.25) is 0 Å². The molecule has 120 valence electrons. The zero-order chi connectivity index (χ0) is 16.7. The van der Waals surface area contributed by atoms with Crippen molar-refractivity contribution in [1.82, 2.24) is 0 Å². The first kappa shape index (κ1) is 15.4. The summed E-state index contributed by atoms with van der Waals surface area (Å²) in [4.78, 5) is 2.74. The molecule has 4 rings (SSSR count). The van der Waals surface area contributed by atoms with E-state index in [9.17, 15) is 0 Å². The Balaban J connectivity index is 1.71. The molecule has 3 aromatic rings. The summed E-state index contributed by atoms with van der Waals surface area (Å²) >= 11 is 1.90. The Hall–Kier alpha value is -2.12. The summed E-state index contributed by atoms with van der Waals surface area (Å²) in [6, 6.07) is 22.0. The highest BCUT2D eigenvalue weighted by atomic mass is 32.1. The van der Waals surface area contributed by atoms with Gasteiger partial charge < -0.3 is 0 Å². The molecule has 0 amide bonds. The summed E-state index contributed by atoms with van der Waals surface area (Å²) in [7, 11) is 0. The zero-order valence-corrected chi connectivity index (χ0v) is 15.3. The monoisotopic (exact) mass is 330 g/mol. The molecule has 1 aliphatic rings. The number of allylic oxidation sites excluding steroid dienone is 1. The van der Waals surface area contributed by atoms with Gasteiger partial charge in [0.25, 0.3) is 0 Å². The first-order valence-electron chi connectivity index (χ1n) is 8.51. The molecule has 1 aliphatic carbocycles. The van der Waals surface area contributed by atoms with Crippen LogP contribution in [-0.4, -0.2) is 0 Å². The molecule has 1 heterocycles. The summed E-state index contributed by atoms with van der Waals surface area (Å²) in [6.07, 6.45) is 3.46. The molecule has 0 spiro atoms. The summed E-state index contributed by atoms with van der Waals surface area (Å²) in [5.74, 6) is 0. The molecule has 0 aliphatic heterocycles. The minimum atomic E-state index is 0.182. The molecular weight excluding hydrogens is 308 g/mol. The Morgan fingerprint density at radius 3 is 2.29 bits per heavy atom. The molecule has 0 fully saturated rings. The lowest BCUT2D eigenvalue weighted by molar-refractivity contribution is 0.588. The van der Waals surface area contributed by atoms with E-state index in [-0.39, 0.29) is 5.41 Å². The fraction of sp³-hybridized carbons (Fsp3) is 0.217. The van der Waals surface area contributed by atoms with E-state index in [1.54, 1.807) is 0 Å². The van der Waals surface area contributed by atoms with Crippen molar-refractivity contribution in [3.8, 4) is 10.4 Å². The van der Waals surface area contributed by atoms with Crippen LogP contribution in [0.25, 0.3) is 22.1 Å². The normalized spacial score (nSPS) is 13.7. The van der Waals surface area contributed by atoms with Crippen LogP contribution in [0, 0.1) is 0 Å². The molecule has 24 heavy (non-hydrogen) atoms. The van der Waals surface area contributed by atoms with Crippen molar-refractivity contribution in [2.75, 3.05) is 0 Å². The third-order valence-corrected chi connectivity index (χ3v) is 5.89. The Morgan fingerprint density at radius 1 is 0.792 bits per heavy atom. The maximum atomic E-state index is 2.41. The van der Waals surface area contributed by atoms with Gasteiger partial charge in [0.05, 0.1) is 0 Å². The van der Waals surface area contributed by atoms with Crippen molar-refractivity contribution in [3.63, 3.8) is 0 Å². The predicted molar refractivity (Wildman–Crippen MR) is 106 cm³/mol. The van der Waals surface area contributed by atoms with E-state index in [1.165, 1.54) is 37.6 Å². The van der Waals surface area contributed by atoms with E-state index in [1.807, 2.05) is 11.3 Å². The Labute approximate surface area is 148 Å². The average Bonchev–Trinajstić information content (AvgIpc) is 3.21. The molecule has 1 heteroatoms. The highest BCUT2D eigenvalue weighted by Gasteiger charge is 2.23. The maximum Gasteiger partial charge on any atom is 0.0349 e.